The van der Waals surface area contributed by atoms with Gasteiger partial charge in [0.15, 0.2) is 0 Å². The van der Waals surface area contributed by atoms with Crippen molar-refractivity contribution in [3.63, 3.8) is 0 Å². The molecule has 0 saturated heterocycles. The van der Waals surface area contributed by atoms with Gasteiger partial charge in [-0.2, -0.15) is 0 Å². The van der Waals surface area contributed by atoms with Crippen molar-refractivity contribution in [3.8, 4) is 0 Å². The second kappa shape index (κ2) is 3.51. The van der Waals surface area contributed by atoms with Gasteiger partial charge in [0.1, 0.15) is 0 Å². The van der Waals surface area contributed by atoms with E-state index in [1.54, 1.807) is 6.92 Å². The van der Waals surface area contributed by atoms with Gasteiger partial charge in [0.05, 0.1) is 11.5 Å². The van der Waals surface area contributed by atoms with Crippen molar-refractivity contribution in [1.29, 1.82) is 0 Å². The smallest absolute Gasteiger partial charge is 0.311 e. The van der Waals surface area contributed by atoms with Crippen LogP contribution in [0.15, 0.2) is 4.99 Å². The molecule has 0 fully saturated rings. The minimum absolute atomic E-state index is 0.177. The second-order valence-corrected chi connectivity index (χ2v) is 3.58. The first-order valence-corrected chi connectivity index (χ1v) is 3.61. The van der Waals surface area contributed by atoms with Crippen LogP contribution in [0, 0.1) is 5.92 Å². The van der Waals surface area contributed by atoms with E-state index >= 15 is 0 Å². The number of aliphatic carboxylic acids is 1. The lowest BCUT2D eigenvalue weighted by Crippen LogP contribution is -2.15. The number of carboxylic acids is 1. The molecular formula is C8H15NO2. The Labute approximate surface area is 67.1 Å². The molecule has 0 bridgehead atoms. The van der Waals surface area contributed by atoms with Gasteiger partial charge < -0.3 is 5.11 Å². The summed E-state index contributed by atoms with van der Waals surface area (Å²) in [6.07, 6.45) is 1.47. The number of aliphatic imine (C=N–C) groups is 1. The van der Waals surface area contributed by atoms with E-state index in [1.165, 1.54) is 6.21 Å². The van der Waals surface area contributed by atoms with Crippen LogP contribution in [-0.2, 0) is 4.79 Å². The normalized spacial score (nSPS) is 15.3. The molecule has 0 heterocycles. The quantitative estimate of drug-likeness (QED) is 0.618. The molecule has 0 aromatic rings. The van der Waals surface area contributed by atoms with Crippen LogP contribution < -0.4 is 0 Å². The number of carbonyl (C=O) groups is 1. The SMILES string of the molecule is CC(C=NC(C)(C)C)C(=O)O. The Morgan fingerprint density at radius 3 is 2.27 bits per heavy atom. The molecule has 1 unspecified atom stereocenters. The maximum atomic E-state index is 10.3. The van der Waals surface area contributed by atoms with Crippen molar-refractivity contribution in [2.24, 2.45) is 10.9 Å². The Hall–Kier alpha value is -0.860. The van der Waals surface area contributed by atoms with Crippen LogP contribution in [0.5, 0.6) is 0 Å². The largest absolute Gasteiger partial charge is 0.481 e. The summed E-state index contributed by atoms with van der Waals surface area (Å²) >= 11 is 0. The van der Waals surface area contributed by atoms with Gasteiger partial charge in [-0.15, -0.1) is 0 Å². The highest BCUT2D eigenvalue weighted by atomic mass is 16.4. The standard InChI is InChI=1S/C8H15NO2/c1-6(7(10)11)5-9-8(2,3)4/h5-6H,1-4H3,(H,10,11). The van der Waals surface area contributed by atoms with Crippen LogP contribution in [0.1, 0.15) is 27.7 Å². The lowest BCUT2D eigenvalue weighted by atomic mass is 10.1. The number of carboxylic acid groups (broad SMARTS) is 1. The van der Waals surface area contributed by atoms with Crippen LogP contribution >= 0.6 is 0 Å². The summed E-state index contributed by atoms with van der Waals surface area (Å²) in [7, 11) is 0. The molecule has 0 aliphatic heterocycles. The average molecular weight is 157 g/mol. The zero-order valence-corrected chi connectivity index (χ0v) is 7.46. The lowest BCUT2D eigenvalue weighted by Gasteiger charge is -2.11. The van der Waals surface area contributed by atoms with Gasteiger partial charge in [0.2, 0.25) is 0 Å². The lowest BCUT2D eigenvalue weighted by molar-refractivity contribution is -0.138. The van der Waals surface area contributed by atoms with Crippen molar-refractivity contribution in [2.45, 2.75) is 33.2 Å². The molecule has 0 saturated carbocycles. The summed E-state index contributed by atoms with van der Waals surface area (Å²) < 4.78 is 0. The Kier molecular flexibility index (Phi) is 3.23. The van der Waals surface area contributed by atoms with Gasteiger partial charge in [-0.25, -0.2) is 0 Å². The zero-order chi connectivity index (χ0) is 9.07. The van der Waals surface area contributed by atoms with E-state index < -0.39 is 11.9 Å². The van der Waals surface area contributed by atoms with Crippen LogP contribution in [0.4, 0.5) is 0 Å². The predicted octanol–water partition coefficient (Wildman–Crippen LogP) is 1.58. The molecule has 0 spiro atoms. The Morgan fingerprint density at radius 2 is 2.00 bits per heavy atom. The highest BCUT2D eigenvalue weighted by Gasteiger charge is 2.10. The molecule has 3 nitrogen and oxygen atoms in total. The predicted molar refractivity (Wildman–Crippen MR) is 45.0 cm³/mol. The van der Waals surface area contributed by atoms with E-state index in [-0.39, 0.29) is 5.54 Å². The zero-order valence-electron chi connectivity index (χ0n) is 7.46. The van der Waals surface area contributed by atoms with Crippen LogP contribution in [0.25, 0.3) is 0 Å². The monoisotopic (exact) mass is 157 g/mol. The first kappa shape index (κ1) is 10.1. The average Bonchev–Trinajstić information content (AvgIpc) is 1.80. The third kappa shape index (κ3) is 5.58. The minimum Gasteiger partial charge on any atom is -0.481 e. The molecule has 0 aromatic heterocycles. The van der Waals surface area contributed by atoms with Crippen molar-refractivity contribution in [3.05, 3.63) is 0 Å². The molecule has 3 heteroatoms. The summed E-state index contributed by atoms with van der Waals surface area (Å²) in [5, 5.41) is 8.49. The van der Waals surface area contributed by atoms with E-state index in [1.807, 2.05) is 20.8 Å². The van der Waals surface area contributed by atoms with Crippen LogP contribution in [0.2, 0.25) is 0 Å². The molecule has 0 amide bonds. The highest BCUT2D eigenvalue weighted by molar-refractivity contribution is 5.88. The number of rotatable bonds is 2. The molecular weight excluding hydrogens is 142 g/mol. The Morgan fingerprint density at radius 1 is 1.55 bits per heavy atom. The van der Waals surface area contributed by atoms with E-state index in [0.717, 1.165) is 0 Å². The molecule has 0 aromatic carbocycles. The molecule has 1 atom stereocenters. The number of hydrogen-bond donors (Lipinski definition) is 1. The van der Waals surface area contributed by atoms with Crippen LogP contribution in [0.3, 0.4) is 0 Å². The third-order valence-corrected chi connectivity index (χ3v) is 1.07. The van der Waals surface area contributed by atoms with Crippen molar-refractivity contribution < 1.29 is 9.90 Å². The Balaban J connectivity index is 4.04. The maximum Gasteiger partial charge on any atom is 0.311 e. The van der Waals surface area contributed by atoms with E-state index in [9.17, 15) is 4.79 Å². The van der Waals surface area contributed by atoms with E-state index in [4.69, 9.17) is 5.11 Å². The van der Waals surface area contributed by atoms with E-state index in [0.29, 0.717) is 0 Å². The summed E-state index contributed by atoms with van der Waals surface area (Å²) in [5.41, 5.74) is -0.177. The van der Waals surface area contributed by atoms with Gasteiger partial charge in [0.25, 0.3) is 0 Å². The topological polar surface area (TPSA) is 49.7 Å². The molecule has 0 aliphatic rings. The van der Waals surface area contributed by atoms with Crippen LogP contribution in [-0.4, -0.2) is 22.8 Å². The Bertz CT molecular complexity index is 167. The fourth-order valence-electron chi connectivity index (χ4n) is 0.399. The van der Waals surface area contributed by atoms with Gasteiger partial charge in [-0.3, -0.25) is 9.79 Å². The van der Waals surface area contributed by atoms with Gasteiger partial charge in [-0.05, 0) is 27.7 Å². The summed E-state index contributed by atoms with van der Waals surface area (Å²) in [5.74, 6) is -1.33. The first-order valence-electron chi connectivity index (χ1n) is 3.61. The number of hydrogen-bond acceptors (Lipinski definition) is 2. The van der Waals surface area contributed by atoms with Crippen molar-refractivity contribution in [1.82, 2.24) is 0 Å². The molecule has 0 aliphatic carbocycles. The van der Waals surface area contributed by atoms with Gasteiger partial charge >= 0.3 is 5.97 Å². The number of nitrogens with zero attached hydrogens (tertiary/aromatic N) is 1. The molecule has 11 heavy (non-hydrogen) atoms. The van der Waals surface area contributed by atoms with Gasteiger partial charge in [0, 0.05) is 6.21 Å². The van der Waals surface area contributed by atoms with Crippen molar-refractivity contribution in [2.75, 3.05) is 0 Å². The third-order valence-electron chi connectivity index (χ3n) is 1.07. The molecule has 0 radical (unpaired) electrons. The molecule has 64 valence electrons. The summed E-state index contributed by atoms with van der Waals surface area (Å²) in [6, 6.07) is 0. The highest BCUT2D eigenvalue weighted by Crippen LogP contribution is 2.06. The van der Waals surface area contributed by atoms with Gasteiger partial charge in [-0.1, -0.05) is 0 Å². The fraction of sp³-hybridized carbons (Fsp3) is 0.750. The molecule has 1 N–H and O–H groups in total. The summed E-state index contributed by atoms with van der Waals surface area (Å²) in [4.78, 5) is 14.4. The summed E-state index contributed by atoms with van der Waals surface area (Å²) in [6.45, 7) is 7.39. The van der Waals surface area contributed by atoms with Crippen molar-refractivity contribution >= 4 is 12.2 Å². The second-order valence-electron chi connectivity index (χ2n) is 3.58. The first-order chi connectivity index (χ1) is 4.83. The fourth-order valence-corrected chi connectivity index (χ4v) is 0.399. The minimum atomic E-state index is -0.835. The van der Waals surface area contributed by atoms with E-state index in [2.05, 4.69) is 4.99 Å². The maximum absolute atomic E-state index is 10.3. The molecule has 0 rings (SSSR count).